The Balaban J connectivity index is 1.53. The number of rotatable bonds is 9. The molecule has 0 bridgehead atoms. The highest BCUT2D eigenvalue weighted by Crippen LogP contribution is 2.52. The summed E-state index contributed by atoms with van der Waals surface area (Å²) in [7, 11) is -0.435. The van der Waals surface area contributed by atoms with Crippen LogP contribution >= 0.6 is 0 Å². The molecule has 202 valence electrons. The molecule has 0 saturated heterocycles. The van der Waals surface area contributed by atoms with Gasteiger partial charge < -0.3 is 27.9 Å². The van der Waals surface area contributed by atoms with Crippen LogP contribution in [0.3, 0.4) is 0 Å². The number of methoxy groups -OCH3 is 2. The molecule has 0 aliphatic carbocycles. The van der Waals surface area contributed by atoms with Gasteiger partial charge in [-0.1, -0.05) is 48.5 Å². The molecule has 0 aromatic heterocycles. The van der Waals surface area contributed by atoms with Crippen LogP contribution in [0.15, 0.2) is 78.9 Å². The van der Waals surface area contributed by atoms with E-state index >= 15 is 0 Å². The van der Waals surface area contributed by atoms with Crippen LogP contribution in [-0.4, -0.2) is 42.1 Å². The van der Waals surface area contributed by atoms with Crippen molar-refractivity contribution in [1.29, 1.82) is 0 Å². The van der Waals surface area contributed by atoms with Crippen molar-refractivity contribution in [3.05, 3.63) is 84.4 Å². The molecule has 4 aromatic carbocycles. The predicted octanol–water partition coefficient (Wildman–Crippen LogP) is 5.73. The summed E-state index contributed by atoms with van der Waals surface area (Å²) >= 11 is 0. The third-order valence-electron chi connectivity index (χ3n) is 6.10. The van der Waals surface area contributed by atoms with Crippen LogP contribution in [0.1, 0.15) is 5.56 Å². The Morgan fingerprint density at radius 1 is 0.744 bits per heavy atom. The Bertz CT molecular complexity index is 1570. The summed E-state index contributed by atoms with van der Waals surface area (Å²) < 4.78 is 57.7. The van der Waals surface area contributed by atoms with E-state index in [0.717, 1.165) is 34.1 Å². The number of benzene rings is 4. The topological polar surface area (TPSA) is 89.5 Å². The summed E-state index contributed by atoms with van der Waals surface area (Å²) in [4.78, 5) is 0. The molecule has 0 fully saturated rings. The first-order chi connectivity index (χ1) is 18.9. The van der Waals surface area contributed by atoms with E-state index in [1.54, 1.807) is 38.5 Å². The molecule has 0 spiro atoms. The van der Waals surface area contributed by atoms with E-state index in [1.807, 2.05) is 54.6 Å². The Kier molecular flexibility index (Phi) is 7.51. The van der Waals surface area contributed by atoms with Gasteiger partial charge in [0.1, 0.15) is 31.3 Å². The SMILES string of the molecule is COc1cc(-c2c(OC)cc(-c3ccc(OS(C)(=O)=O)cc3)c3c2OCCO3)ccc1OCc1ccccc1. The van der Waals surface area contributed by atoms with Crippen LogP contribution in [0, 0.1) is 0 Å². The molecular formula is C30H28O8S. The lowest BCUT2D eigenvalue weighted by Gasteiger charge is -2.26. The standard InChI is InChI=1S/C30H28O8S/c1-33-26-17-22(11-14-25(26)37-19-20-7-5-4-6-8-20)28-27(34-2)18-24(29-30(28)36-16-15-35-29)21-9-12-23(13-10-21)38-39(3,31)32/h4-14,17-18H,15-16,19H2,1-3H3. The molecule has 1 heterocycles. The highest BCUT2D eigenvalue weighted by atomic mass is 32.2. The largest absolute Gasteiger partial charge is 0.496 e. The average Bonchev–Trinajstić information content (AvgIpc) is 2.95. The minimum absolute atomic E-state index is 0.220. The van der Waals surface area contributed by atoms with Crippen LogP contribution in [0.4, 0.5) is 0 Å². The monoisotopic (exact) mass is 548 g/mol. The van der Waals surface area contributed by atoms with Gasteiger partial charge in [-0.05, 0) is 47.0 Å². The van der Waals surface area contributed by atoms with E-state index in [9.17, 15) is 8.42 Å². The zero-order valence-corrected chi connectivity index (χ0v) is 22.6. The van der Waals surface area contributed by atoms with Gasteiger partial charge in [-0.2, -0.15) is 8.42 Å². The zero-order chi connectivity index (χ0) is 27.4. The van der Waals surface area contributed by atoms with Crippen LogP contribution in [0.5, 0.6) is 34.5 Å². The highest BCUT2D eigenvalue weighted by Gasteiger charge is 2.27. The lowest BCUT2D eigenvalue weighted by atomic mass is 9.95. The van der Waals surface area contributed by atoms with E-state index in [4.69, 9.17) is 27.9 Å². The lowest BCUT2D eigenvalue weighted by molar-refractivity contribution is 0.172. The fourth-order valence-corrected chi connectivity index (χ4v) is 4.84. The maximum Gasteiger partial charge on any atom is 0.306 e. The van der Waals surface area contributed by atoms with E-state index < -0.39 is 10.1 Å². The molecule has 4 aromatic rings. The number of ether oxygens (including phenoxy) is 5. The smallest absolute Gasteiger partial charge is 0.306 e. The van der Waals surface area contributed by atoms with Crippen LogP contribution in [-0.2, 0) is 16.7 Å². The van der Waals surface area contributed by atoms with Gasteiger partial charge >= 0.3 is 10.1 Å². The van der Waals surface area contributed by atoms with Crippen molar-refractivity contribution in [3.63, 3.8) is 0 Å². The van der Waals surface area contributed by atoms with Crippen molar-refractivity contribution in [1.82, 2.24) is 0 Å². The van der Waals surface area contributed by atoms with Gasteiger partial charge in [0.25, 0.3) is 0 Å². The Hall–Kier alpha value is -4.37. The first-order valence-electron chi connectivity index (χ1n) is 12.2. The van der Waals surface area contributed by atoms with Gasteiger partial charge in [0.05, 0.1) is 26.0 Å². The Labute approximate surface area is 227 Å². The second-order valence-electron chi connectivity index (χ2n) is 8.81. The van der Waals surface area contributed by atoms with Crippen LogP contribution in [0.2, 0.25) is 0 Å². The summed E-state index contributed by atoms with van der Waals surface area (Å²) in [6, 6.07) is 24.2. The number of fused-ring (bicyclic) bond motifs is 1. The lowest BCUT2D eigenvalue weighted by Crippen LogP contribution is -2.17. The maximum atomic E-state index is 11.5. The fraction of sp³-hybridized carbons (Fsp3) is 0.200. The average molecular weight is 549 g/mol. The van der Waals surface area contributed by atoms with Crippen molar-refractivity contribution in [2.75, 3.05) is 33.7 Å². The second-order valence-corrected chi connectivity index (χ2v) is 10.4. The number of hydrogen-bond acceptors (Lipinski definition) is 8. The molecule has 5 rings (SSSR count). The molecule has 8 nitrogen and oxygen atoms in total. The van der Waals surface area contributed by atoms with Crippen molar-refractivity contribution in [2.24, 2.45) is 0 Å². The molecule has 9 heteroatoms. The van der Waals surface area contributed by atoms with Crippen LogP contribution < -0.4 is 27.9 Å². The van der Waals surface area contributed by atoms with E-state index in [-0.39, 0.29) is 5.75 Å². The second kappa shape index (κ2) is 11.2. The van der Waals surface area contributed by atoms with Crippen molar-refractivity contribution in [2.45, 2.75) is 6.61 Å². The normalized spacial score (nSPS) is 12.5. The summed E-state index contributed by atoms with van der Waals surface area (Å²) in [6.45, 7) is 1.18. The molecule has 0 amide bonds. The van der Waals surface area contributed by atoms with Gasteiger partial charge in [0.2, 0.25) is 0 Å². The first-order valence-corrected chi connectivity index (χ1v) is 14.0. The summed E-state index contributed by atoms with van der Waals surface area (Å²) in [6.07, 6.45) is 1.00. The molecule has 0 N–H and O–H groups in total. The van der Waals surface area contributed by atoms with E-state index in [2.05, 4.69) is 0 Å². The summed E-state index contributed by atoms with van der Waals surface area (Å²) in [5.74, 6) is 3.09. The molecule has 0 radical (unpaired) electrons. The van der Waals surface area contributed by atoms with Gasteiger partial charge in [0, 0.05) is 5.56 Å². The third-order valence-corrected chi connectivity index (χ3v) is 6.59. The zero-order valence-electron chi connectivity index (χ0n) is 21.8. The number of hydrogen-bond donors (Lipinski definition) is 0. The van der Waals surface area contributed by atoms with E-state index in [1.165, 1.54) is 0 Å². The summed E-state index contributed by atoms with van der Waals surface area (Å²) in [5, 5.41) is 0. The molecule has 0 unspecified atom stereocenters. The first kappa shape index (κ1) is 26.2. The third kappa shape index (κ3) is 5.88. The van der Waals surface area contributed by atoms with Crippen molar-refractivity contribution >= 4 is 10.1 Å². The minimum atomic E-state index is -3.63. The molecule has 0 saturated carbocycles. The van der Waals surface area contributed by atoms with E-state index in [0.29, 0.717) is 48.6 Å². The maximum absolute atomic E-state index is 11.5. The molecule has 0 atom stereocenters. The van der Waals surface area contributed by atoms with Crippen molar-refractivity contribution in [3.8, 4) is 56.8 Å². The minimum Gasteiger partial charge on any atom is -0.496 e. The predicted molar refractivity (Wildman–Crippen MR) is 148 cm³/mol. The molecule has 1 aliphatic rings. The summed E-state index contributed by atoms with van der Waals surface area (Å²) in [5.41, 5.74) is 4.11. The molecular weight excluding hydrogens is 520 g/mol. The molecule has 1 aliphatic heterocycles. The quantitative estimate of drug-likeness (QED) is 0.245. The molecule has 39 heavy (non-hydrogen) atoms. The Morgan fingerprint density at radius 3 is 2.08 bits per heavy atom. The van der Waals surface area contributed by atoms with Gasteiger partial charge in [0.15, 0.2) is 23.0 Å². The Morgan fingerprint density at radius 2 is 1.41 bits per heavy atom. The van der Waals surface area contributed by atoms with Gasteiger partial charge in [-0.3, -0.25) is 0 Å². The fourth-order valence-electron chi connectivity index (χ4n) is 4.38. The van der Waals surface area contributed by atoms with Gasteiger partial charge in [-0.25, -0.2) is 0 Å². The van der Waals surface area contributed by atoms with Crippen molar-refractivity contribution < 1.29 is 36.3 Å². The highest BCUT2D eigenvalue weighted by molar-refractivity contribution is 7.86. The van der Waals surface area contributed by atoms with Crippen LogP contribution in [0.25, 0.3) is 22.3 Å². The van der Waals surface area contributed by atoms with Gasteiger partial charge in [-0.15, -0.1) is 0 Å².